The van der Waals surface area contributed by atoms with Crippen molar-refractivity contribution in [3.8, 4) is 0 Å². The van der Waals surface area contributed by atoms with Crippen molar-refractivity contribution >= 4 is 35.2 Å². The number of carbonyl (C=O) groups is 3. The first kappa shape index (κ1) is 28.0. The predicted octanol–water partition coefficient (Wildman–Crippen LogP) is 4.74. The summed E-state index contributed by atoms with van der Waals surface area (Å²) >= 11 is 0. The summed E-state index contributed by atoms with van der Waals surface area (Å²) in [6.45, 7) is 8.98. The van der Waals surface area contributed by atoms with Gasteiger partial charge in [-0.1, -0.05) is 56.2 Å². The second-order valence-corrected chi connectivity index (χ2v) is 10.1. The fourth-order valence-corrected chi connectivity index (χ4v) is 3.95. The van der Waals surface area contributed by atoms with Gasteiger partial charge >= 0.3 is 6.03 Å². The molecule has 0 aliphatic carbocycles. The van der Waals surface area contributed by atoms with Crippen LogP contribution in [-0.4, -0.2) is 45.0 Å². The molecule has 4 aromatic rings. The van der Waals surface area contributed by atoms with Gasteiger partial charge in [0.1, 0.15) is 0 Å². The average molecular weight is 541 g/mol. The zero-order chi connectivity index (χ0) is 28.7. The largest absolute Gasteiger partial charge is 0.352 e. The highest BCUT2D eigenvalue weighted by Crippen LogP contribution is 2.26. The summed E-state index contributed by atoms with van der Waals surface area (Å²) in [5, 5.41) is 21.4. The number of hydrogen-bond donors (Lipinski definition) is 4. The van der Waals surface area contributed by atoms with Gasteiger partial charge < -0.3 is 10.6 Å². The Morgan fingerprint density at radius 3 is 2.23 bits per heavy atom. The Labute approximate surface area is 232 Å². The van der Waals surface area contributed by atoms with Gasteiger partial charge in [0.05, 0.1) is 6.54 Å². The lowest BCUT2D eigenvalue weighted by molar-refractivity contribution is 0.0955. The molecule has 40 heavy (non-hydrogen) atoms. The lowest BCUT2D eigenvalue weighted by atomic mass is 9.87. The molecule has 0 spiro atoms. The van der Waals surface area contributed by atoms with Crippen LogP contribution in [-0.2, 0) is 12.0 Å². The summed E-state index contributed by atoms with van der Waals surface area (Å²) in [5.41, 5.74) is 3.97. The third-order valence-electron chi connectivity index (χ3n) is 6.13. The molecule has 0 saturated carbocycles. The van der Waals surface area contributed by atoms with E-state index in [1.807, 2.05) is 31.2 Å². The summed E-state index contributed by atoms with van der Waals surface area (Å²) in [6.07, 6.45) is 0. The Kier molecular flexibility index (Phi) is 8.53. The molecule has 0 aliphatic rings. The first-order valence-electron chi connectivity index (χ1n) is 12.8. The lowest BCUT2D eigenvalue weighted by Gasteiger charge is -2.25. The highest BCUT2D eigenvalue weighted by Gasteiger charge is 2.20. The van der Waals surface area contributed by atoms with Crippen LogP contribution in [0.3, 0.4) is 0 Å². The molecule has 11 nitrogen and oxygen atoms in total. The first-order chi connectivity index (χ1) is 19.1. The van der Waals surface area contributed by atoms with Gasteiger partial charge in [0, 0.05) is 29.0 Å². The van der Waals surface area contributed by atoms with Crippen molar-refractivity contribution in [3.05, 3.63) is 95.1 Å². The number of aromatic nitrogens is 4. The summed E-state index contributed by atoms with van der Waals surface area (Å²) < 4.78 is 0. The standard InChI is InChI=1S/C29H32N8O3/c1-5-30-25(38)21-7-6-8-23(17-21)31-28(40)37(24-15-13-22(14-16-24)29(2,3)4)18-19-9-11-20(12-10-19)26(39)32-27-33-35-36-34-27/h6-17H,5,18H2,1-4H3,(H,30,38)(H,31,40)(H2,32,33,34,35,36,39). The molecule has 0 atom stereocenters. The van der Waals surface area contributed by atoms with Gasteiger partial charge in [0.15, 0.2) is 0 Å². The molecule has 0 unspecified atom stereocenters. The number of aromatic amines is 1. The van der Waals surface area contributed by atoms with Crippen LogP contribution in [0.25, 0.3) is 0 Å². The molecule has 0 saturated heterocycles. The fraction of sp³-hybridized carbons (Fsp3) is 0.241. The Bertz CT molecular complexity index is 1460. The number of hydrogen-bond acceptors (Lipinski definition) is 6. The van der Waals surface area contributed by atoms with Crippen LogP contribution >= 0.6 is 0 Å². The van der Waals surface area contributed by atoms with Crippen LogP contribution < -0.4 is 20.9 Å². The highest BCUT2D eigenvalue weighted by molar-refractivity contribution is 6.04. The number of tetrazole rings is 1. The molecule has 1 aromatic heterocycles. The lowest BCUT2D eigenvalue weighted by Crippen LogP contribution is -2.34. The SMILES string of the molecule is CCNC(=O)c1cccc(NC(=O)N(Cc2ccc(C(=O)Nc3nn[nH]n3)cc2)c2ccc(C(C)(C)C)cc2)c1. The molecule has 3 aromatic carbocycles. The molecule has 206 valence electrons. The maximum atomic E-state index is 13.6. The second kappa shape index (κ2) is 12.2. The number of nitrogens with one attached hydrogen (secondary N) is 4. The first-order valence-corrected chi connectivity index (χ1v) is 12.8. The number of carbonyl (C=O) groups excluding carboxylic acids is 3. The molecule has 0 bridgehead atoms. The molecule has 0 fully saturated rings. The van der Waals surface area contributed by atoms with E-state index >= 15 is 0 Å². The number of anilines is 3. The smallest absolute Gasteiger partial charge is 0.326 e. The van der Waals surface area contributed by atoms with Gasteiger partial charge in [-0.3, -0.25) is 19.8 Å². The van der Waals surface area contributed by atoms with Gasteiger partial charge in [-0.05, 0) is 71.1 Å². The highest BCUT2D eigenvalue weighted by atomic mass is 16.2. The van der Waals surface area contributed by atoms with Crippen molar-refractivity contribution in [1.82, 2.24) is 25.9 Å². The average Bonchev–Trinajstić information content (AvgIpc) is 3.45. The van der Waals surface area contributed by atoms with Crippen LogP contribution in [0.15, 0.2) is 72.8 Å². The van der Waals surface area contributed by atoms with Crippen molar-refractivity contribution in [2.75, 3.05) is 22.1 Å². The minimum absolute atomic E-state index is 0.0387. The molecule has 0 radical (unpaired) electrons. The Hall–Kier alpha value is -5.06. The number of nitrogens with zero attached hydrogens (tertiary/aromatic N) is 4. The van der Waals surface area contributed by atoms with Crippen molar-refractivity contribution in [3.63, 3.8) is 0 Å². The molecule has 1 heterocycles. The van der Waals surface area contributed by atoms with Crippen LogP contribution in [0.5, 0.6) is 0 Å². The quantitative estimate of drug-likeness (QED) is 0.254. The van der Waals surface area contributed by atoms with E-state index in [1.165, 1.54) is 0 Å². The van der Waals surface area contributed by atoms with Crippen LogP contribution in [0, 0.1) is 0 Å². The van der Waals surface area contributed by atoms with Crippen molar-refractivity contribution in [1.29, 1.82) is 0 Å². The topological polar surface area (TPSA) is 145 Å². The van der Waals surface area contributed by atoms with Crippen LogP contribution in [0.1, 0.15) is 59.5 Å². The summed E-state index contributed by atoms with van der Waals surface area (Å²) in [7, 11) is 0. The van der Waals surface area contributed by atoms with E-state index in [9.17, 15) is 14.4 Å². The van der Waals surface area contributed by atoms with E-state index in [0.29, 0.717) is 29.0 Å². The predicted molar refractivity (Wildman–Crippen MR) is 153 cm³/mol. The van der Waals surface area contributed by atoms with E-state index in [2.05, 4.69) is 57.3 Å². The van der Waals surface area contributed by atoms with Gasteiger partial charge in [0.25, 0.3) is 17.8 Å². The van der Waals surface area contributed by atoms with Crippen molar-refractivity contribution in [2.24, 2.45) is 0 Å². The van der Waals surface area contributed by atoms with Gasteiger partial charge in [-0.25, -0.2) is 4.79 Å². The minimum atomic E-state index is -0.382. The zero-order valence-electron chi connectivity index (χ0n) is 22.9. The van der Waals surface area contributed by atoms with E-state index < -0.39 is 0 Å². The molecule has 0 aliphatic heterocycles. The van der Waals surface area contributed by atoms with Gasteiger partial charge in [-0.15, -0.1) is 5.10 Å². The normalized spacial score (nSPS) is 11.0. The maximum absolute atomic E-state index is 13.6. The van der Waals surface area contributed by atoms with E-state index in [-0.39, 0.29) is 35.8 Å². The Balaban J connectivity index is 1.56. The van der Waals surface area contributed by atoms with E-state index in [4.69, 9.17) is 0 Å². The molecule has 11 heteroatoms. The molecule has 4 rings (SSSR count). The third kappa shape index (κ3) is 7.07. The number of benzene rings is 3. The monoisotopic (exact) mass is 540 g/mol. The zero-order valence-corrected chi connectivity index (χ0v) is 22.9. The van der Waals surface area contributed by atoms with Crippen molar-refractivity contribution < 1.29 is 14.4 Å². The minimum Gasteiger partial charge on any atom is -0.352 e. The number of amides is 4. The summed E-state index contributed by atoms with van der Waals surface area (Å²) in [5.74, 6) is -0.518. The molecule has 4 N–H and O–H groups in total. The Morgan fingerprint density at radius 2 is 1.60 bits per heavy atom. The van der Waals surface area contributed by atoms with Crippen molar-refractivity contribution in [2.45, 2.75) is 39.7 Å². The fourth-order valence-electron chi connectivity index (χ4n) is 3.95. The third-order valence-corrected chi connectivity index (χ3v) is 6.13. The molecular weight excluding hydrogens is 508 g/mol. The van der Waals surface area contributed by atoms with E-state index in [1.54, 1.807) is 53.4 Å². The van der Waals surface area contributed by atoms with Crippen LogP contribution in [0.2, 0.25) is 0 Å². The second-order valence-electron chi connectivity index (χ2n) is 10.1. The van der Waals surface area contributed by atoms with Crippen LogP contribution in [0.4, 0.5) is 22.1 Å². The molecular formula is C29H32N8O3. The Morgan fingerprint density at radius 1 is 0.875 bits per heavy atom. The molecule has 4 amide bonds. The number of urea groups is 1. The number of rotatable bonds is 8. The van der Waals surface area contributed by atoms with Gasteiger partial charge in [-0.2, -0.15) is 5.21 Å². The van der Waals surface area contributed by atoms with Gasteiger partial charge in [0.2, 0.25) is 0 Å². The van der Waals surface area contributed by atoms with E-state index in [0.717, 1.165) is 11.1 Å². The summed E-state index contributed by atoms with van der Waals surface area (Å²) in [6, 6.07) is 21.2. The summed E-state index contributed by atoms with van der Waals surface area (Å²) in [4.78, 5) is 40.0. The maximum Gasteiger partial charge on any atom is 0.326 e. The number of H-pyrrole nitrogens is 1.